The standard InChI is InChI=1S/C11H18N6/c1-16-9-13-15-11(16)5-7-12-6-3-10-4-8-14-17(10)2/h4,8-9,12H,3,5-7H2,1-2H3. The van der Waals surface area contributed by atoms with Crippen LogP contribution in [0.5, 0.6) is 0 Å². The number of aryl methyl sites for hydroxylation is 2. The van der Waals surface area contributed by atoms with Gasteiger partial charge in [0, 0.05) is 51.9 Å². The number of nitrogens with zero attached hydrogens (tertiary/aromatic N) is 5. The summed E-state index contributed by atoms with van der Waals surface area (Å²) in [5, 5.41) is 15.4. The second kappa shape index (κ2) is 5.58. The van der Waals surface area contributed by atoms with Gasteiger partial charge in [-0.1, -0.05) is 0 Å². The summed E-state index contributed by atoms with van der Waals surface area (Å²) in [6.45, 7) is 1.88. The lowest BCUT2D eigenvalue weighted by molar-refractivity contribution is 0.627. The van der Waals surface area contributed by atoms with Crippen LogP contribution in [-0.4, -0.2) is 37.6 Å². The van der Waals surface area contributed by atoms with E-state index in [-0.39, 0.29) is 0 Å². The molecule has 0 unspecified atom stereocenters. The maximum atomic E-state index is 4.14. The third-order valence-electron chi connectivity index (χ3n) is 2.81. The molecule has 2 aromatic rings. The summed E-state index contributed by atoms with van der Waals surface area (Å²) < 4.78 is 3.85. The molecule has 0 spiro atoms. The molecule has 0 amide bonds. The van der Waals surface area contributed by atoms with E-state index >= 15 is 0 Å². The average Bonchev–Trinajstić information content (AvgIpc) is 2.89. The SMILES string of the molecule is Cn1cnnc1CCNCCc1ccnn1C. The van der Waals surface area contributed by atoms with Gasteiger partial charge in [-0.05, 0) is 6.07 Å². The molecule has 2 rings (SSSR count). The van der Waals surface area contributed by atoms with Crippen LogP contribution < -0.4 is 5.32 Å². The van der Waals surface area contributed by atoms with Crippen LogP contribution in [0.3, 0.4) is 0 Å². The third kappa shape index (κ3) is 3.13. The lowest BCUT2D eigenvalue weighted by atomic mass is 10.3. The molecule has 0 atom stereocenters. The van der Waals surface area contributed by atoms with Gasteiger partial charge in [0.15, 0.2) is 0 Å². The minimum atomic E-state index is 0.905. The molecule has 1 N–H and O–H groups in total. The van der Waals surface area contributed by atoms with Gasteiger partial charge < -0.3 is 9.88 Å². The Labute approximate surface area is 101 Å². The number of hydrogen-bond acceptors (Lipinski definition) is 4. The molecule has 0 aliphatic rings. The predicted molar refractivity (Wildman–Crippen MR) is 64.5 cm³/mol. The van der Waals surface area contributed by atoms with Crippen LogP contribution in [0.1, 0.15) is 11.5 Å². The Morgan fingerprint density at radius 3 is 2.71 bits per heavy atom. The fourth-order valence-corrected chi connectivity index (χ4v) is 1.72. The van der Waals surface area contributed by atoms with E-state index in [9.17, 15) is 0 Å². The highest BCUT2D eigenvalue weighted by atomic mass is 15.3. The summed E-state index contributed by atoms with van der Waals surface area (Å²) in [6, 6.07) is 2.05. The Morgan fingerprint density at radius 2 is 2.06 bits per heavy atom. The molecule has 0 saturated heterocycles. The van der Waals surface area contributed by atoms with E-state index in [1.807, 2.05) is 35.6 Å². The zero-order valence-electron chi connectivity index (χ0n) is 10.3. The Bertz CT molecular complexity index is 416. The van der Waals surface area contributed by atoms with Gasteiger partial charge in [0.2, 0.25) is 0 Å². The summed E-state index contributed by atoms with van der Waals surface area (Å²) in [5.74, 6) is 1.01. The molecule has 0 radical (unpaired) electrons. The zero-order valence-corrected chi connectivity index (χ0v) is 10.3. The Morgan fingerprint density at radius 1 is 1.24 bits per heavy atom. The first-order valence-electron chi connectivity index (χ1n) is 5.78. The first-order valence-corrected chi connectivity index (χ1v) is 5.78. The molecule has 6 heteroatoms. The van der Waals surface area contributed by atoms with E-state index in [2.05, 4.69) is 20.6 Å². The van der Waals surface area contributed by atoms with Crippen molar-refractivity contribution in [3.05, 3.63) is 30.1 Å². The highest BCUT2D eigenvalue weighted by Gasteiger charge is 2.00. The predicted octanol–water partition coefficient (Wildman–Crippen LogP) is -0.0766. The molecule has 0 bridgehead atoms. The summed E-state index contributed by atoms with van der Waals surface area (Å²) in [7, 11) is 3.93. The van der Waals surface area contributed by atoms with Gasteiger partial charge >= 0.3 is 0 Å². The van der Waals surface area contributed by atoms with Gasteiger partial charge in [-0.3, -0.25) is 4.68 Å². The Kier molecular flexibility index (Phi) is 3.87. The molecule has 6 nitrogen and oxygen atoms in total. The van der Waals surface area contributed by atoms with Crippen molar-refractivity contribution in [3.8, 4) is 0 Å². The van der Waals surface area contributed by atoms with E-state index < -0.39 is 0 Å². The average molecular weight is 234 g/mol. The summed E-state index contributed by atoms with van der Waals surface area (Å²) in [6.07, 6.45) is 5.46. The first-order chi connectivity index (χ1) is 8.27. The Balaban J connectivity index is 1.64. The monoisotopic (exact) mass is 234 g/mol. The molecular formula is C11H18N6. The van der Waals surface area contributed by atoms with E-state index in [4.69, 9.17) is 0 Å². The van der Waals surface area contributed by atoms with Gasteiger partial charge in [-0.15, -0.1) is 10.2 Å². The van der Waals surface area contributed by atoms with E-state index in [1.165, 1.54) is 5.69 Å². The van der Waals surface area contributed by atoms with Gasteiger partial charge in [-0.2, -0.15) is 5.10 Å². The lowest BCUT2D eigenvalue weighted by Crippen LogP contribution is -2.22. The number of nitrogens with one attached hydrogen (secondary N) is 1. The molecule has 17 heavy (non-hydrogen) atoms. The van der Waals surface area contributed by atoms with Crippen LogP contribution in [0.4, 0.5) is 0 Å². The van der Waals surface area contributed by atoms with E-state index in [1.54, 1.807) is 6.33 Å². The maximum absolute atomic E-state index is 4.14. The van der Waals surface area contributed by atoms with Crippen LogP contribution in [0.25, 0.3) is 0 Å². The molecule has 0 aliphatic carbocycles. The highest BCUT2D eigenvalue weighted by Crippen LogP contribution is 1.96. The van der Waals surface area contributed by atoms with Crippen molar-refractivity contribution in [2.24, 2.45) is 14.1 Å². The number of aromatic nitrogens is 5. The van der Waals surface area contributed by atoms with E-state index in [0.717, 1.165) is 31.8 Å². The summed E-state index contributed by atoms with van der Waals surface area (Å²) in [5.41, 5.74) is 1.25. The first kappa shape index (κ1) is 11.8. The Hall–Kier alpha value is -1.69. The van der Waals surface area contributed by atoms with Gasteiger partial charge in [0.05, 0.1) is 0 Å². The van der Waals surface area contributed by atoms with E-state index in [0.29, 0.717) is 0 Å². The van der Waals surface area contributed by atoms with Crippen molar-refractivity contribution < 1.29 is 0 Å². The minimum Gasteiger partial charge on any atom is -0.321 e. The normalized spacial score (nSPS) is 10.9. The van der Waals surface area contributed by atoms with Crippen LogP contribution in [0.2, 0.25) is 0 Å². The molecule has 0 saturated carbocycles. The van der Waals surface area contributed by atoms with Crippen molar-refractivity contribution in [1.82, 2.24) is 29.9 Å². The van der Waals surface area contributed by atoms with Crippen molar-refractivity contribution in [3.63, 3.8) is 0 Å². The van der Waals surface area contributed by atoms with Crippen molar-refractivity contribution in [1.29, 1.82) is 0 Å². The molecule has 92 valence electrons. The number of rotatable bonds is 6. The van der Waals surface area contributed by atoms with Crippen LogP contribution in [0, 0.1) is 0 Å². The summed E-state index contributed by atoms with van der Waals surface area (Å²) in [4.78, 5) is 0. The molecule has 2 heterocycles. The zero-order chi connectivity index (χ0) is 12.1. The lowest BCUT2D eigenvalue weighted by Gasteiger charge is -2.04. The van der Waals surface area contributed by atoms with Gasteiger partial charge in [0.1, 0.15) is 12.2 Å². The molecular weight excluding hydrogens is 216 g/mol. The maximum Gasteiger partial charge on any atom is 0.133 e. The van der Waals surface area contributed by atoms with Gasteiger partial charge in [0.25, 0.3) is 0 Å². The van der Waals surface area contributed by atoms with Crippen molar-refractivity contribution in [2.45, 2.75) is 12.8 Å². The fourth-order valence-electron chi connectivity index (χ4n) is 1.72. The molecule has 0 aromatic carbocycles. The largest absolute Gasteiger partial charge is 0.321 e. The third-order valence-corrected chi connectivity index (χ3v) is 2.81. The van der Waals surface area contributed by atoms with Gasteiger partial charge in [-0.25, -0.2) is 0 Å². The topological polar surface area (TPSA) is 60.6 Å². The summed E-state index contributed by atoms with van der Waals surface area (Å²) >= 11 is 0. The fraction of sp³-hybridized carbons (Fsp3) is 0.545. The van der Waals surface area contributed by atoms with Crippen molar-refractivity contribution in [2.75, 3.05) is 13.1 Å². The second-order valence-corrected chi connectivity index (χ2v) is 4.05. The van der Waals surface area contributed by atoms with Crippen LogP contribution in [-0.2, 0) is 26.9 Å². The number of hydrogen-bond donors (Lipinski definition) is 1. The minimum absolute atomic E-state index is 0.905. The second-order valence-electron chi connectivity index (χ2n) is 4.05. The van der Waals surface area contributed by atoms with Crippen LogP contribution >= 0.6 is 0 Å². The molecule has 2 aromatic heterocycles. The van der Waals surface area contributed by atoms with Crippen molar-refractivity contribution >= 4 is 0 Å². The molecule has 0 fully saturated rings. The molecule has 0 aliphatic heterocycles. The smallest absolute Gasteiger partial charge is 0.133 e. The highest BCUT2D eigenvalue weighted by molar-refractivity contribution is 5.00. The van der Waals surface area contributed by atoms with Crippen LogP contribution in [0.15, 0.2) is 18.6 Å². The quantitative estimate of drug-likeness (QED) is 0.710.